The molecule has 21 heavy (non-hydrogen) atoms. The fourth-order valence-electron chi connectivity index (χ4n) is 2.51. The van der Waals surface area contributed by atoms with Gasteiger partial charge in [0.05, 0.1) is 13.2 Å². The van der Waals surface area contributed by atoms with Crippen molar-refractivity contribution in [1.82, 2.24) is 10.2 Å². The second-order valence-electron chi connectivity index (χ2n) is 5.32. The van der Waals surface area contributed by atoms with Crippen LogP contribution in [0.1, 0.15) is 12.0 Å². The number of likely N-dealkylation sites (tertiary alicyclic amines) is 1. The lowest BCUT2D eigenvalue weighted by Crippen LogP contribution is -2.39. The Balaban J connectivity index is 1.64. The normalized spacial score (nSPS) is 18.8. The molecule has 2 rings (SSSR count). The number of methoxy groups -OCH3 is 1. The highest BCUT2D eigenvalue weighted by Crippen LogP contribution is 2.13. The molecule has 116 valence electrons. The van der Waals surface area contributed by atoms with Gasteiger partial charge in [-0.05, 0) is 12.0 Å². The Labute approximate surface area is 126 Å². The highest BCUT2D eigenvalue weighted by Gasteiger charge is 2.23. The second-order valence-corrected chi connectivity index (χ2v) is 5.32. The van der Waals surface area contributed by atoms with Gasteiger partial charge in [0, 0.05) is 32.8 Å². The molecule has 5 heteroatoms. The van der Waals surface area contributed by atoms with Crippen molar-refractivity contribution in [2.24, 2.45) is 0 Å². The average molecular weight is 292 g/mol. The highest BCUT2D eigenvalue weighted by atomic mass is 16.5. The van der Waals surface area contributed by atoms with Crippen LogP contribution in [0.5, 0.6) is 0 Å². The van der Waals surface area contributed by atoms with Crippen LogP contribution in [0.3, 0.4) is 0 Å². The predicted molar refractivity (Wildman–Crippen MR) is 81.0 cm³/mol. The number of ether oxygens (including phenoxy) is 2. The van der Waals surface area contributed by atoms with E-state index < -0.39 is 0 Å². The minimum absolute atomic E-state index is 0.0438. The van der Waals surface area contributed by atoms with E-state index in [0.29, 0.717) is 13.2 Å². The van der Waals surface area contributed by atoms with E-state index in [4.69, 9.17) is 9.47 Å². The summed E-state index contributed by atoms with van der Waals surface area (Å²) in [5.41, 5.74) is 1.31. The summed E-state index contributed by atoms with van der Waals surface area (Å²) in [6, 6.07) is 10.6. The van der Waals surface area contributed by atoms with Crippen LogP contribution in [0, 0.1) is 0 Å². The van der Waals surface area contributed by atoms with Crippen LogP contribution in [0.15, 0.2) is 30.3 Å². The monoisotopic (exact) mass is 292 g/mol. The van der Waals surface area contributed by atoms with Crippen molar-refractivity contribution in [1.29, 1.82) is 0 Å². The molecule has 1 amide bonds. The van der Waals surface area contributed by atoms with Gasteiger partial charge >= 0.3 is 0 Å². The van der Waals surface area contributed by atoms with E-state index in [9.17, 15) is 4.79 Å². The second kappa shape index (κ2) is 8.77. The van der Waals surface area contributed by atoms with Crippen molar-refractivity contribution in [3.63, 3.8) is 0 Å². The van der Waals surface area contributed by atoms with Gasteiger partial charge in [-0.15, -0.1) is 0 Å². The number of amides is 1. The maximum absolute atomic E-state index is 11.7. The van der Waals surface area contributed by atoms with Crippen molar-refractivity contribution in [3.8, 4) is 0 Å². The molecule has 1 heterocycles. The molecule has 0 bridgehead atoms. The summed E-state index contributed by atoms with van der Waals surface area (Å²) in [5, 5.41) is 3.03. The number of benzene rings is 1. The van der Waals surface area contributed by atoms with Gasteiger partial charge in [0.15, 0.2) is 0 Å². The van der Waals surface area contributed by atoms with Gasteiger partial charge < -0.3 is 14.8 Å². The van der Waals surface area contributed by atoms with E-state index >= 15 is 0 Å². The first-order valence-electron chi connectivity index (χ1n) is 7.40. The molecule has 1 atom stereocenters. The lowest BCUT2D eigenvalue weighted by atomic mass is 10.2. The molecule has 0 radical (unpaired) electrons. The van der Waals surface area contributed by atoms with E-state index in [0.717, 1.165) is 26.1 Å². The van der Waals surface area contributed by atoms with Gasteiger partial charge in [0.2, 0.25) is 5.91 Å². The lowest BCUT2D eigenvalue weighted by Gasteiger charge is -2.16. The molecule has 1 aromatic carbocycles. The quantitative estimate of drug-likeness (QED) is 0.727. The zero-order valence-corrected chi connectivity index (χ0v) is 12.6. The van der Waals surface area contributed by atoms with Crippen LogP contribution in [0.4, 0.5) is 0 Å². The molecule has 1 N–H and O–H groups in total. The number of carbonyl (C=O) groups excluding carboxylic acids is 1. The maximum atomic E-state index is 11.7. The predicted octanol–water partition coefficient (Wildman–Crippen LogP) is 1.04. The standard InChI is InChI=1S/C16H24N2O3/c1-20-9-10-21-13-16(19)17-15-7-8-18(12-15)11-14-5-3-2-4-6-14/h2-6,15H,7-13H2,1H3,(H,17,19). The first kappa shape index (κ1) is 15.9. The third kappa shape index (κ3) is 5.83. The van der Waals surface area contributed by atoms with Gasteiger partial charge in [-0.3, -0.25) is 9.69 Å². The summed E-state index contributed by atoms with van der Waals surface area (Å²) in [6.45, 7) is 3.94. The summed E-state index contributed by atoms with van der Waals surface area (Å²) < 4.78 is 10.1. The number of nitrogens with one attached hydrogen (secondary N) is 1. The molecular formula is C16H24N2O3. The topological polar surface area (TPSA) is 50.8 Å². The van der Waals surface area contributed by atoms with Crippen molar-refractivity contribution in [2.45, 2.75) is 19.0 Å². The smallest absolute Gasteiger partial charge is 0.246 e. The first-order chi connectivity index (χ1) is 10.3. The van der Waals surface area contributed by atoms with Gasteiger partial charge in [-0.1, -0.05) is 30.3 Å². The van der Waals surface area contributed by atoms with Crippen molar-refractivity contribution >= 4 is 5.91 Å². The van der Waals surface area contributed by atoms with Crippen molar-refractivity contribution in [2.75, 3.05) is 40.0 Å². The van der Waals surface area contributed by atoms with E-state index in [-0.39, 0.29) is 18.6 Å². The molecule has 1 aromatic rings. The molecule has 5 nitrogen and oxygen atoms in total. The fraction of sp³-hybridized carbons (Fsp3) is 0.562. The third-order valence-electron chi connectivity index (χ3n) is 3.55. The van der Waals surface area contributed by atoms with Crippen LogP contribution >= 0.6 is 0 Å². The summed E-state index contributed by atoms with van der Waals surface area (Å²) in [4.78, 5) is 14.1. The average Bonchev–Trinajstić information content (AvgIpc) is 2.92. The molecule has 1 aliphatic heterocycles. The Hall–Kier alpha value is -1.43. The molecule has 1 aliphatic rings. The molecule has 1 saturated heterocycles. The Morgan fingerprint density at radius 2 is 2.14 bits per heavy atom. The number of carbonyl (C=O) groups is 1. The van der Waals surface area contributed by atoms with Gasteiger partial charge in [-0.25, -0.2) is 0 Å². The number of rotatable bonds is 8. The van der Waals surface area contributed by atoms with Crippen LogP contribution in [-0.4, -0.2) is 56.9 Å². The van der Waals surface area contributed by atoms with Crippen molar-refractivity contribution < 1.29 is 14.3 Å². The Morgan fingerprint density at radius 1 is 1.33 bits per heavy atom. The zero-order chi connectivity index (χ0) is 14.9. The molecule has 1 unspecified atom stereocenters. The molecule has 0 saturated carbocycles. The van der Waals surface area contributed by atoms with E-state index in [1.807, 2.05) is 6.07 Å². The lowest BCUT2D eigenvalue weighted by molar-refractivity contribution is -0.126. The fourth-order valence-corrected chi connectivity index (χ4v) is 2.51. The summed E-state index contributed by atoms with van der Waals surface area (Å²) >= 11 is 0. The first-order valence-corrected chi connectivity index (χ1v) is 7.40. The maximum Gasteiger partial charge on any atom is 0.246 e. The molecule has 0 aliphatic carbocycles. The molecular weight excluding hydrogens is 268 g/mol. The number of hydrogen-bond acceptors (Lipinski definition) is 4. The summed E-state index contributed by atoms with van der Waals surface area (Å²) in [6.07, 6.45) is 0.997. The molecule has 0 spiro atoms. The van der Waals surface area contributed by atoms with E-state index in [2.05, 4.69) is 34.5 Å². The largest absolute Gasteiger partial charge is 0.382 e. The Bertz CT molecular complexity index is 425. The van der Waals surface area contributed by atoms with Gasteiger partial charge in [0.1, 0.15) is 6.61 Å². The van der Waals surface area contributed by atoms with Crippen LogP contribution < -0.4 is 5.32 Å². The van der Waals surface area contributed by atoms with Crippen LogP contribution in [-0.2, 0) is 20.8 Å². The highest BCUT2D eigenvalue weighted by molar-refractivity contribution is 5.77. The van der Waals surface area contributed by atoms with Crippen LogP contribution in [0.25, 0.3) is 0 Å². The SMILES string of the molecule is COCCOCC(=O)NC1CCN(Cc2ccccc2)C1. The van der Waals surface area contributed by atoms with Gasteiger partial charge in [-0.2, -0.15) is 0 Å². The number of nitrogens with zero attached hydrogens (tertiary/aromatic N) is 1. The summed E-state index contributed by atoms with van der Waals surface area (Å²) in [7, 11) is 1.61. The Morgan fingerprint density at radius 3 is 2.90 bits per heavy atom. The minimum atomic E-state index is -0.0438. The zero-order valence-electron chi connectivity index (χ0n) is 12.6. The van der Waals surface area contributed by atoms with E-state index in [1.165, 1.54) is 5.56 Å². The minimum Gasteiger partial charge on any atom is -0.382 e. The number of hydrogen-bond donors (Lipinski definition) is 1. The van der Waals surface area contributed by atoms with Crippen molar-refractivity contribution in [3.05, 3.63) is 35.9 Å². The summed E-state index contributed by atoms with van der Waals surface area (Å²) in [5.74, 6) is -0.0438. The third-order valence-corrected chi connectivity index (χ3v) is 3.55. The van der Waals surface area contributed by atoms with E-state index in [1.54, 1.807) is 7.11 Å². The molecule has 1 fully saturated rings. The molecule has 0 aromatic heterocycles. The van der Waals surface area contributed by atoms with Crippen LogP contribution in [0.2, 0.25) is 0 Å². The Kier molecular flexibility index (Phi) is 6.66. The van der Waals surface area contributed by atoms with Gasteiger partial charge in [0.25, 0.3) is 0 Å².